The standard InChI is InChI=1S/C14H20N2O2S/c1-9-7-10(2)16-14(12(9)13(15)19)18-8-11-3-5-17-6-4-11/h7,11H,3-6,8H2,1-2H3,(H2,15,19). The third-order valence-electron chi connectivity index (χ3n) is 3.35. The fourth-order valence-corrected chi connectivity index (χ4v) is 2.56. The van der Waals surface area contributed by atoms with Crippen molar-refractivity contribution >= 4 is 17.2 Å². The lowest BCUT2D eigenvalue weighted by atomic mass is 10.0. The molecular weight excluding hydrogens is 260 g/mol. The minimum Gasteiger partial charge on any atom is -0.477 e. The number of thiocarbonyl (C=S) groups is 1. The van der Waals surface area contributed by atoms with Crippen molar-refractivity contribution in [2.75, 3.05) is 19.8 Å². The van der Waals surface area contributed by atoms with Crippen LogP contribution in [0.15, 0.2) is 6.07 Å². The maximum atomic E-state index is 5.87. The minimum atomic E-state index is 0.340. The van der Waals surface area contributed by atoms with Crippen LogP contribution in [-0.2, 0) is 4.74 Å². The van der Waals surface area contributed by atoms with Crippen LogP contribution in [0.1, 0.15) is 29.7 Å². The van der Waals surface area contributed by atoms with Crippen molar-refractivity contribution in [1.82, 2.24) is 4.98 Å². The van der Waals surface area contributed by atoms with E-state index in [2.05, 4.69) is 4.98 Å². The number of pyridine rings is 1. The molecule has 1 aliphatic rings. The molecule has 0 bridgehead atoms. The summed E-state index contributed by atoms with van der Waals surface area (Å²) < 4.78 is 11.2. The Kier molecular flexibility index (Phi) is 4.71. The zero-order chi connectivity index (χ0) is 13.8. The van der Waals surface area contributed by atoms with Crippen LogP contribution in [0.4, 0.5) is 0 Å². The monoisotopic (exact) mass is 280 g/mol. The number of nitrogens with two attached hydrogens (primary N) is 1. The van der Waals surface area contributed by atoms with Gasteiger partial charge in [0.25, 0.3) is 0 Å². The van der Waals surface area contributed by atoms with Crippen molar-refractivity contribution < 1.29 is 9.47 Å². The maximum Gasteiger partial charge on any atom is 0.224 e. The number of ether oxygens (including phenoxy) is 2. The Hall–Kier alpha value is -1.20. The van der Waals surface area contributed by atoms with Crippen molar-refractivity contribution in [2.45, 2.75) is 26.7 Å². The van der Waals surface area contributed by atoms with Crippen LogP contribution in [0.2, 0.25) is 0 Å². The van der Waals surface area contributed by atoms with E-state index in [1.54, 1.807) is 0 Å². The summed E-state index contributed by atoms with van der Waals surface area (Å²) >= 11 is 5.09. The van der Waals surface area contributed by atoms with Gasteiger partial charge in [-0.15, -0.1) is 0 Å². The van der Waals surface area contributed by atoms with Gasteiger partial charge >= 0.3 is 0 Å². The van der Waals surface area contributed by atoms with Gasteiger partial charge in [0.2, 0.25) is 5.88 Å². The van der Waals surface area contributed by atoms with Crippen molar-refractivity contribution in [2.24, 2.45) is 11.7 Å². The Labute approximate surface area is 119 Å². The van der Waals surface area contributed by atoms with E-state index in [4.69, 9.17) is 27.4 Å². The molecular formula is C14H20N2O2S. The largest absolute Gasteiger partial charge is 0.477 e. The Balaban J connectivity index is 2.12. The van der Waals surface area contributed by atoms with Crippen LogP contribution in [0.3, 0.4) is 0 Å². The van der Waals surface area contributed by atoms with E-state index in [9.17, 15) is 0 Å². The number of rotatable bonds is 4. The summed E-state index contributed by atoms with van der Waals surface area (Å²) in [5.74, 6) is 1.09. The molecule has 0 unspecified atom stereocenters. The molecule has 0 saturated carbocycles. The number of hydrogen-bond acceptors (Lipinski definition) is 4. The average Bonchev–Trinajstić information content (AvgIpc) is 2.36. The quantitative estimate of drug-likeness (QED) is 0.856. The van der Waals surface area contributed by atoms with Crippen LogP contribution in [0, 0.1) is 19.8 Å². The molecule has 2 heterocycles. The molecule has 19 heavy (non-hydrogen) atoms. The first kappa shape index (κ1) is 14.2. The Morgan fingerprint density at radius 1 is 1.47 bits per heavy atom. The average molecular weight is 280 g/mol. The third-order valence-corrected chi connectivity index (χ3v) is 3.56. The lowest BCUT2D eigenvalue weighted by Gasteiger charge is -2.22. The minimum absolute atomic E-state index is 0.340. The number of hydrogen-bond donors (Lipinski definition) is 1. The molecule has 0 aromatic carbocycles. The van der Waals surface area contributed by atoms with Crippen LogP contribution >= 0.6 is 12.2 Å². The molecule has 0 aliphatic carbocycles. The lowest BCUT2D eigenvalue weighted by molar-refractivity contribution is 0.0490. The molecule has 2 N–H and O–H groups in total. The van der Waals surface area contributed by atoms with Gasteiger partial charge in [0.15, 0.2) is 0 Å². The van der Waals surface area contributed by atoms with Crippen LogP contribution in [0.5, 0.6) is 5.88 Å². The first-order chi connectivity index (χ1) is 9.08. The Morgan fingerprint density at radius 3 is 2.79 bits per heavy atom. The molecule has 1 aromatic rings. The van der Waals surface area contributed by atoms with Crippen molar-refractivity contribution in [3.05, 3.63) is 22.9 Å². The topological polar surface area (TPSA) is 57.4 Å². The molecule has 1 fully saturated rings. The molecule has 1 aromatic heterocycles. The molecule has 5 heteroatoms. The normalized spacial score (nSPS) is 16.3. The molecule has 0 spiro atoms. The highest BCUT2D eigenvalue weighted by atomic mass is 32.1. The van der Waals surface area contributed by atoms with E-state index in [1.165, 1.54) is 0 Å². The molecule has 0 radical (unpaired) electrons. The van der Waals surface area contributed by atoms with E-state index in [0.717, 1.165) is 42.9 Å². The predicted molar refractivity (Wildman–Crippen MR) is 78.6 cm³/mol. The first-order valence-electron chi connectivity index (χ1n) is 6.56. The first-order valence-corrected chi connectivity index (χ1v) is 6.97. The summed E-state index contributed by atoms with van der Waals surface area (Å²) in [6, 6.07) is 1.97. The van der Waals surface area contributed by atoms with E-state index in [0.29, 0.717) is 23.4 Å². The summed E-state index contributed by atoms with van der Waals surface area (Å²) in [5, 5.41) is 0. The second-order valence-electron chi connectivity index (χ2n) is 4.99. The highest BCUT2D eigenvalue weighted by Gasteiger charge is 2.17. The molecule has 0 amide bonds. The summed E-state index contributed by atoms with van der Waals surface area (Å²) in [6.07, 6.45) is 2.07. The zero-order valence-electron chi connectivity index (χ0n) is 11.4. The highest BCUT2D eigenvalue weighted by molar-refractivity contribution is 7.80. The lowest BCUT2D eigenvalue weighted by Crippen LogP contribution is -2.23. The van der Waals surface area contributed by atoms with E-state index in [-0.39, 0.29) is 0 Å². The fraction of sp³-hybridized carbons (Fsp3) is 0.571. The van der Waals surface area contributed by atoms with Gasteiger partial charge < -0.3 is 15.2 Å². The highest BCUT2D eigenvalue weighted by Crippen LogP contribution is 2.23. The second-order valence-corrected chi connectivity index (χ2v) is 5.43. The molecule has 104 valence electrons. The molecule has 4 nitrogen and oxygen atoms in total. The van der Waals surface area contributed by atoms with Gasteiger partial charge in [0.1, 0.15) is 4.99 Å². The number of nitrogens with zero attached hydrogens (tertiary/aromatic N) is 1. The SMILES string of the molecule is Cc1cc(C)c(C(N)=S)c(OCC2CCOCC2)n1. The molecule has 2 rings (SSSR count). The Morgan fingerprint density at radius 2 is 2.16 bits per heavy atom. The number of aryl methyl sites for hydroxylation is 2. The van der Waals surface area contributed by atoms with Gasteiger partial charge in [-0.2, -0.15) is 0 Å². The summed E-state index contributed by atoms with van der Waals surface area (Å²) in [6.45, 7) is 6.20. The predicted octanol–water partition coefficient (Wildman–Crippen LogP) is 2.14. The van der Waals surface area contributed by atoms with Gasteiger partial charge in [-0.05, 0) is 44.2 Å². The summed E-state index contributed by atoms with van der Waals surface area (Å²) in [5.41, 5.74) is 8.45. The summed E-state index contributed by atoms with van der Waals surface area (Å²) in [7, 11) is 0. The Bertz CT molecular complexity index is 471. The van der Waals surface area contributed by atoms with Gasteiger partial charge in [0.05, 0.1) is 12.2 Å². The number of aromatic nitrogens is 1. The van der Waals surface area contributed by atoms with Gasteiger partial charge in [0, 0.05) is 18.9 Å². The second kappa shape index (κ2) is 6.30. The van der Waals surface area contributed by atoms with Gasteiger partial charge in [-0.25, -0.2) is 4.98 Å². The van der Waals surface area contributed by atoms with Crippen LogP contribution in [0.25, 0.3) is 0 Å². The van der Waals surface area contributed by atoms with Crippen molar-refractivity contribution in [3.8, 4) is 5.88 Å². The third kappa shape index (κ3) is 3.64. The van der Waals surface area contributed by atoms with Crippen LogP contribution in [-0.4, -0.2) is 29.8 Å². The van der Waals surface area contributed by atoms with Gasteiger partial charge in [-0.1, -0.05) is 12.2 Å². The van der Waals surface area contributed by atoms with Crippen molar-refractivity contribution in [3.63, 3.8) is 0 Å². The van der Waals surface area contributed by atoms with Crippen LogP contribution < -0.4 is 10.5 Å². The van der Waals surface area contributed by atoms with E-state index >= 15 is 0 Å². The molecule has 1 saturated heterocycles. The zero-order valence-corrected chi connectivity index (χ0v) is 12.3. The van der Waals surface area contributed by atoms with E-state index in [1.807, 2.05) is 19.9 Å². The fourth-order valence-electron chi connectivity index (χ4n) is 2.32. The smallest absolute Gasteiger partial charge is 0.224 e. The van der Waals surface area contributed by atoms with E-state index < -0.39 is 0 Å². The molecule has 0 atom stereocenters. The summed E-state index contributed by atoms with van der Waals surface area (Å²) in [4.78, 5) is 4.76. The maximum absolute atomic E-state index is 5.87. The van der Waals surface area contributed by atoms with Crippen molar-refractivity contribution in [1.29, 1.82) is 0 Å². The molecule has 1 aliphatic heterocycles. The van der Waals surface area contributed by atoms with Gasteiger partial charge in [-0.3, -0.25) is 0 Å².